The van der Waals surface area contributed by atoms with E-state index in [1.54, 1.807) is 0 Å². The number of hydrogen-bond acceptors (Lipinski definition) is 4. The lowest BCUT2D eigenvalue weighted by Gasteiger charge is -2.07. The van der Waals surface area contributed by atoms with E-state index >= 15 is 0 Å². The van der Waals surface area contributed by atoms with Crippen molar-refractivity contribution >= 4 is 11.8 Å². The minimum atomic E-state index is -4.59. The van der Waals surface area contributed by atoms with Gasteiger partial charge in [-0.2, -0.15) is 26.3 Å². The van der Waals surface area contributed by atoms with E-state index in [0.29, 0.717) is 6.20 Å². The number of rotatable bonds is 2. The molecule has 0 fully saturated rings. The average Bonchev–Trinajstić information content (AvgIpc) is 2.38. The first-order valence-electron chi connectivity index (χ1n) is 5.28. The van der Waals surface area contributed by atoms with Gasteiger partial charge < -0.3 is 0 Å². The van der Waals surface area contributed by atoms with Crippen LogP contribution in [-0.4, -0.2) is 15.2 Å². The highest BCUT2D eigenvalue weighted by Gasteiger charge is 2.33. The zero-order chi connectivity index (χ0) is 15.7. The van der Waals surface area contributed by atoms with Crippen LogP contribution in [0.25, 0.3) is 0 Å². The summed E-state index contributed by atoms with van der Waals surface area (Å²) < 4.78 is 73.8. The molecular weight excluding hydrogens is 320 g/mol. The fraction of sp³-hybridized carbons (Fsp3) is 0.182. The van der Waals surface area contributed by atoms with E-state index in [9.17, 15) is 26.3 Å². The van der Waals surface area contributed by atoms with Crippen molar-refractivity contribution in [2.45, 2.75) is 22.4 Å². The second-order valence-corrected chi connectivity index (χ2v) is 4.78. The van der Waals surface area contributed by atoms with Gasteiger partial charge in [0.1, 0.15) is 10.1 Å². The van der Waals surface area contributed by atoms with Gasteiger partial charge in [-0.05, 0) is 36.0 Å². The maximum atomic E-state index is 12.3. The molecule has 2 aromatic rings. The lowest BCUT2D eigenvalue weighted by molar-refractivity contribution is -0.142. The van der Waals surface area contributed by atoms with E-state index < -0.39 is 23.6 Å². The molecule has 0 aliphatic rings. The van der Waals surface area contributed by atoms with Gasteiger partial charge in [0.15, 0.2) is 5.69 Å². The van der Waals surface area contributed by atoms with Crippen LogP contribution >= 0.6 is 11.8 Å². The number of nitrogens with zero attached hydrogens (tertiary/aromatic N) is 3. The molecule has 112 valence electrons. The van der Waals surface area contributed by atoms with Crippen LogP contribution in [0.4, 0.5) is 26.3 Å². The molecule has 0 spiro atoms. The van der Waals surface area contributed by atoms with E-state index in [1.165, 1.54) is 0 Å². The Morgan fingerprint density at radius 2 is 1.43 bits per heavy atom. The van der Waals surface area contributed by atoms with Crippen LogP contribution in [0.2, 0.25) is 0 Å². The third kappa shape index (κ3) is 4.06. The van der Waals surface area contributed by atoms with Gasteiger partial charge in [0.2, 0.25) is 0 Å². The number of pyridine rings is 1. The highest BCUT2D eigenvalue weighted by molar-refractivity contribution is 7.99. The summed E-state index contributed by atoms with van der Waals surface area (Å²) in [7, 11) is 0. The summed E-state index contributed by atoms with van der Waals surface area (Å²) in [4.78, 5) is 3.56. The predicted octanol–water partition coefficient (Wildman–Crippen LogP) is 4.06. The minimum absolute atomic E-state index is 0.0928. The molecule has 0 unspecified atom stereocenters. The quantitative estimate of drug-likeness (QED) is 0.781. The van der Waals surface area contributed by atoms with Gasteiger partial charge in [-0.15, -0.1) is 10.2 Å². The molecule has 21 heavy (non-hydrogen) atoms. The zero-order valence-electron chi connectivity index (χ0n) is 9.90. The fourth-order valence-electron chi connectivity index (χ4n) is 1.24. The van der Waals surface area contributed by atoms with E-state index in [1.807, 2.05) is 0 Å². The Hall–Kier alpha value is -1.84. The average molecular weight is 325 g/mol. The van der Waals surface area contributed by atoms with E-state index in [-0.39, 0.29) is 10.1 Å². The second kappa shape index (κ2) is 5.51. The van der Waals surface area contributed by atoms with Crippen molar-refractivity contribution in [1.82, 2.24) is 15.2 Å². The SMILES string of the molecule is FC(F)(F)c1ccc(Sc2ccc(C(F)(F)F)nn2)nc1. The molecule has 2 aromatic heterocycles. The van der Waals surface area contributed by atoms with Gasteiger partial charge in [-0.3, -0.25) is 0 Å². The maximum Gasteiger partial charge on any atom is 0.435 e. The molecule has 0 aliphatic heterocycles. The normalized spacial score (nSPS) is 12.5. The van der Waals surface area contributed by atoms with Crippen LogP contribution in [0.15, 0.2) is 40.5 Å². The van der Waals surface area contributed by atoms with Crippen LogP contribution in [-0.2, 0) is 12.4 Å². The Morgan fingerprint density at radius 1 is 0.762 bits per heavy atom. The second-order valence-electron chi connectivity index (χ2n) is 3.74. The highest BCUT2D eigenvalue weighted by Crippen LogP contribution is 2.32. The van der Waals surface area contributed by atoms with E-state index in [2.05, 4.69) is 15.2 Å². The summed E-state index contributed by atoms with van der Waals surface area (Å²) in [6.07, 6.45) is -8.45. The van der Waals surface area contributed by atoms with E-state index in [0.717, 1.165) is 36.0 Å². The fourth-order valence-corrected chi connectivity index (χ4v) is 1.91. The molecular formula is C11H5F6N3S. The predicted molar refractivity (Wildman–Crippen MR) is 60.4 cm³/mol. The lowest BCUT2D eigenvalue weighted by atomic mass is 10.3. The monoisotopic (exact) mass is 325 g/mol. The largest absolute Gasteiger partial charge is 0.435 e. The molecule has 10 heteroatoms. The first-order valence-corrected chi connectivity index (χ1v) is 6.10. The van der Waals surface area contributed by atoms with Crippen molar-refractivity contribution in [2.24, 2.45) is 0 Å². The van der Waals surface area contributed by atoms with Crippen molar-refractivity contribution < 1.29 is 26.3 Å². The molecule has 0 atom stereocenters. The van der Waals surface area contributed by atoms with Crippen molar-refractivity contribution in [3.05, 3.63) is 41.7 Å². The Kier molecular flexibility index (Phi) is 4.08. The van der Waals surface area contributed by atoms with Crippen molar-refractivity contribution in [1.29, 1.82) is 0 Å². The Labute approximate surface area is 118 Å². The topological polar surface area (TPSA) is 38.7 Å². The van der Waals surface area contributed by atoms with Crippen LogP contribution in [0, 0.1) is 0 Å². The first-order chi connectivity index (χ1) is 9.66. The van der Waals surface area contributed by atoms with Gasteiger partial charge in [0.05, 0.1) is 5.56 Å². The van der Waals surface area contributed by atoms with Crippen molar-refractivity contribution in [2.75, 3.05) is 0 Å². The molecule has 0 saturated carbocycles. The molecule has 0 radical (unpaired) electrons. The molecule has 0 aromatic carbocycles. The third-order valence-electron chi connectivity index (χ3n) is 2.20. The van der Waals surface area contributed by atoms with Crippen molar-refractivity contribution in [3.63, 3.8) is 0 Å². The molecule has 0 aliphatic carbocycles. The Bertz CT molecular complexity index is 550. The summed E-state index contributed by atoms with van der Waals surface area (Å²) in [5.41, 5.74) is -2.06. The standard InChI is InChI=1S/C11H5F6N3S/c12-10(13,14)6-1-3-8(18-5-6)21-9-4-2-7(19-20-9)11(15,16)17/h1-5H. The van der Waals surface area contributed by atoms with Gasteiger partial charge in [0, 0.05) is 6.20 Å². The summed E-state index contributed by atoms with van der Waals surface area (Å²) in [5, 5.41) is 6.60. The minimum Gasteiger partial charge on any atom is -0.249 e. The van der Waals surface area contributed by atoms with Gasteiger partial charge >= 0.3 is 12.4 Å². The van der Waals surface area contributed by atoms with Crippen LogP contribution < -0.4 is 0 Å². The van der Waals surface area contributed by atoms with Gasteiger partial charge in [0.25, 0.3) is 0 Å². The van der Waals surface area contributed by atoms with Gasteiger partial charge in [-0.25, -0.2) is 4.98 Å². The summed E-state index contributed by atoms with van der Waals surface area (Å²) in [6, 6.07) is 3.74. The maximum absolute atomic E-state index is 12.3. The third-order valence-corrected chi connectivity index (χ3v) is 3.08. The smallest absolute Gasteiger partial charge is 0.249 e. The Balaban J connectivity index is 2.12. The number of aromatic nitrogens is 3. The van der Waals surface area contributed by atoms with Crippen LogP contribution in [0.3, 0.4) is 0 Å². The van der Waals surface area contributed by atoms with Crippen LogP contribution in [0.1, 0.15) is 11.3 Å². The molecule has 2 rings (SSSR count). The summed E-state index contributed by atoms with van der Waals surface area (Å²) in [5.74, 6) is 0. The molecule has 0 saturated heterocycles. The lowest BCUT2D eigenvalue weighted by Crippen LogP contribution is -2.08. The zero-order valence-corrected chi connectivity index (χ0v) is 10.7. The molecule has 0 bridgehead atoms. The number of halogens is 6. The molecule has 2 heterocycles. The van der Waals surface area contributed by atoms with Crippen LogP contribution in [0.5, 0.6) is 0 Å². The highest BCUT2D eigenvalue weighted by atomic mass is 32.2. The van der Waals surface area contributed by atoms with Gasteiger partial charge in [-0.1, -0.05) is 0 Å². The molecule has 3 nitrogen and oxygen atoms in total. The summed E-state index contributed by atoms with van der Waals surface area (Å²) >= 11 is 0.807. The number of hydrogen-bond donors (Lipinski definition) is 0. The van der Waals surface area contributed by atoms with Crippen molar-refractivity contribution in [3.8, 4) is 0 Å². The number of alkyl halides is 6. The molecule has 0 amide bonds. The Morgan fingerprint density at radius 3 is 1.86 bits per heavy atom. The first kappa shape index (κ1) is 15.5. The molecule has 0 N–H and O–H groups in total. The summed E-state index contributed by atoms with van der Waals surface area (Å²) in [6.45, 7) is 0. The van der Waals surface area contributed by atoms with E-state index in [4.69, 9.17) is 0 Å².